The number of aromatic nitrogens is 2. The molecule has 0 aromatic carbocycles. The van der Waals surface area contributed by atoms with Crippen molar-refractivity contribution in [3.05, 3.63) is 26.9 Å². The Morgan fingerprint density at radius 1 is 1.35 bits per heavy atom. The molecule has 0 unspecified atom stereocenters. The highest BCUT2D eigenvalue weighted by atomic mass is 32.2. The molecule has 0 bridgehead atoms. The van der Waals surface area contributed by atoms with Crippen molar-refractivity contribution in [2.75, 3.05) is 11.1 Å². The van der Waals surface area contributed by atoms with Crippen LogP contribution in [0, 0.1) is 5.92 Å². The van der Waals surface area contributed by atoms with Gasteiger partial charge in [-0.3, -0.25) is 19.1 Å². The van der Waals surface area contributed by atoms with Gasteiger partial charge in [0.25, 0.3) is 5.56 Å². The second-order valence-electron chi connectivity index (χ2n) is 5.24. The summed E-state index contributed by atoms with van der Waals surface area (Å²) in [5.74, 6) is 0.549. The standard InChI is InChI=1S/C13H21N3O3S/c1-8(2)6-16-10(5-11(17)15-13(16)19)14-12(18)7-20-9(3)4/h5,8-9H,6-7H2,1-4H3,(H,14,18)(H,15,17,19). The highest BCUT2D eigenvalue weighted by Crippen LogP contribution is 2.10. The predicted molar refractivity (Wildman–Crippen MR) is 82.4 cm³/mol. The van der Waals surface area contributed by atoms with Gasteiger partial charge in [0.1, 0.15) is 5.82 Å². The minimum atomic E-state index is -0.512. The number of amides is 1. The van der Waals surface area contributed by atoms with Crippen molar-refractivity contribution >= 4 is 23.5 Å². The maximum Gasteiger partial charge on any atom is 0.329 e. The first-order chi connectivity index (χ1) is 9.29. The van der Waals surface area contributed by atoms with Crippen LogP contribution < -0.4 is 16.6 Å². The Bertz CT molecular complexity index is 575. The quantitative estimate of drug-likeness (QED) is 0.828. The van der Waals surface area contributed by atoms with Crippen LogP contribution >= 0.6 is 11.8 Å². The third kappa shape index (κ3) is 5.24. The molecular weight excluding hydrogens is 278 g/mol. The fourth-order valence-electron chi connectivity index (χ4n) is 1.59. The van der Waals surface area contributed by atoms with Crippen molar-refractivity contribution in [2.45, 2.75) is 39.5 Å². The SMILES string of the molecule is CC(C)Cn1c(NC(=O)CSC(C)C)cc(=O)[nH]c1=O. The second kappa shape index (κ2) is 7.33. The molecule has 0 spiro atoms. The number of nitrogens with one attached hydrogen (secondary N) is 2. The molecule has 2 N–H and O–H groups in total. The van der Waals surface area contributed by atoms with Gasteiger partial charge in [-0.15, -0.1) is 11.8 Å². The van der Waals surface area contributed by atoms with E-state index in [1.54, 1.807) is 0 Å². The number of anilines is 1. The van der Waals surface area contributed by atoms with Crippen molar-refractivity contribution in [3.8, 4) is 0 Å². The van der Waals surface area contributed by atoms with Crippen LogP contribution in [0.4, 0.5) is 5.82 Å². The first-order valence-corrected chi connectivity index (χ1v) is 7.60. The molecule has 0 saturated heterocycles. The number of carbonyl (C=O) groups is 1. The van der Waals surface area contributed by atoms with Gasteiger partial charge in [-0.1, -0.05) is 27.7 Å². The molecule has 0 aliphatic heterocycles. The second-order valence-corrected chi connectivity index (χ2v) is 6.80. The highest BCUT2D eigenvalue weighted by Gasteiger charge is 2.11. The number of hydrogen-bond acceptors (Lipinski definition) is 4. The van der Waals surface area contributed by atoms with Crippen LogP contribution in [0.25, 0.3) is 0 Å². The number of hydrogen-bond donors (Lipinski definition) is 2. The van der Waals surface area contributed by atoms with E-state index in [0.29, 0.717) is 17.5 Å². The lowest BCUT2D eigenvalue weighted by Crippen LogP contribution is -2.34. The van der Waals surface area contributed by atoms with Gasteiger partial charge >= 0.3 is 5.69 Å². The summed E-state index contributed by atoms with van der Waals surface area (Å²) in [6.45, 7) is 8.35. The van der Waals surface area contributed by atoms with E-state index in [-0.39, 0.29) is 17.6 Å². The zero-order valence-corrected chi connectivity index (χ0v) is 13.0. The van der Waals surface area contributed by atoms with Gasteiger partial charge in [0, 0.05) is 12.6 Å². The third-order valence-corrected chi connectivity index (χ3v) is 3.49. The van der Waals surface area contributed by atoms with Gasteiger partial charge < -0.3 is 5.32 Å². The van der Waals surface area contributed by atoms with Crippen LogP contribution in [-0.4, -0.2) is 26.5 Å². The van der Waals surface area contributed by atoms with Crippen LogP contribution in [0.5, 0.6) is 0 Å². The molecule has 6 nitrogen and oxygen atoms in total. The Labute approximate surface area is 122 Å². The van der Waals surface area contributed by atoms with E-state index < -0.39 is 11.2 Å². The maximum atomic E-state index is 11.8. The highest BCUT2D eigenvalue weighted by molar-refractivity contribution is 8.00. The Kier molecular flexibility index (Phi) is 6.06. The first kappa shape index (κ1) is 16.6. The molecule has 7 heteroatoms. The molecule has 20 heavy (non-hydrogen) atoms. The number of thioether (sulfide) groups is 1. The fourth-order valence-corrected chi connectivity index (χ4v) is 2.15. The summed E-state index contributed by atoms with van der Waals surface area (Å²) >= 11 is 1.50. The van der Waals surface area contributed by atoms with Crippen LogP contribution in [0.2, 0.25) is 0 Å². The van der Waals surface area contributed by atoms with Crippen molar-refractivity contribution < 1.29 is 4.79 Å². The lowest BCUT2D eigenvalue weighted by atomic mass is 10.2. The number of carbonyl (C=O) groups excluding carboxylic acids is 1. The van der Waals surface area contributed by atoms with Crippen molar-refractivity contribution in [1.29, 1.82) is 0 Å². The van der Waals surface area contributed by atoms with Crippen molar-refractivity contribution in [2.24, 2.45) is 5.92 Å². The number of rotatable bonds is 6. The summed E-state index contributed by atoms with van der Waals surface area (Å²) in [7, 11) is 0. The summed E-state index contributed by atoms with van der Waals surface area (Å²) in [6, 6.07) is 1.24. The summed E-state index contributed by atoms with van der Waals surface area (Å²) in [5.41, 5.74) is -1.01. The smallest absolute Gasteiger partial charge is 0.311 e. The average Bonchev–Trinajstić information content (AvgIpc) is 2.30. The molecular formula is C13H21N3O3S. The summed E-state index contributed by atoms with van der Waals surface area (Å²) in [4.78, 5) is 37.2. The molecule has 112 valence electrons. The molecule has 1 aromatic rings. The lowest BCUT2D eigenvalue weighted by molar-refractivity contribution is -0.113. The minimum Gasteiger partial charge on any atom is -0.311 e. The molecule has 0 fully saturated rings. The van der Waals surface area contributed by atoms with Gasteiger partial charge in [-0.25, -0.2) is 4.79 Å². The van der Waals surface area contributed by atoms with E-state index in [0.717, 1.165) is 0 Å². The minimum absolute atomic E-state index is 0.216. The molecule has 0 atom stereocenters. The molecule has 0 aliphatic rings. The first-order valence-electron chi connectivity index (χ1n) is 6.55. The Morgan fingerprint density at radius 2 is 2.00 bits per heavy atom. The van der Waals surface area contributed by atoms with Crippen LogP contribution in [-0.2, 0) is 11.3 Å². The predicted octanol–water partition coefficient (Wildman–Crippen LogP) is 1.27. The van der Waals surface area contributed by atoms with E-state index in [9.17, 15) is 14.4 Å². The van der Waals surface area contributed by atoms with Crippen molar-refractivity contribution in [3.63, 3.8) is 0 Å². The average molecular weight is 299 g/mol. The summed E-state index contributed by atoms with van der Waals surface area (Å²) in [5, 5.41) is 2.98. The van der Waals surface area contributed by atoms with Gasteiger partial charge in [0.05, 0.1) is 5.75 Å². The van der Waals surface area contributed by atoms with Crippen LogP contribution in [0.3, 0.4) is 0 Å². The van der Waals surface area contributed by atoms with E-state index in [2.05, 4.69) is 10.3 Å². The van der Waals surface area contributed by atoms with E-state index in [1.807, 2.05) is 27.7 Å². The Hall–Kier alpha value is -1.50. The van der Waals surface area contributed by atoms with Gasteiger partial charge in [-0.05, 0) is 11.2 Å². The molecule has 0 saturated carbocycles. The number of nitrogens with zero attached hydrogens (tertiary/aromatic N) is 1. The van der Waals surface area contributed by atoms with Crippen LogP contribution in [0.15, 0.2) is 15.7 Å². The monoisotopic (exact) mass is 299 g/mol. The van der Waals surface area contributed by atoms with E-state index in [4.69, 9.17) is 0 Å². The van der Waals surface area contributed by atoms with Gasteiger partial charge in [-0.2, -0.15) is 0 Å². The van der Waals surface area contributed by atoms with Crippen LogP contribution in [0.1, 0.15) is 27.7 Å². The molecule has 1 rings (SSSR count). The lowest BCUT2D eigenvalue weighted by Gasteiger charge is -2.14. The maximum absolute atomic E-state index is 11.8. The zero-order valence-electron chi connectivity index (χ0n) is 12.2. The number of H-pyrrole nitrogens is 1. The van der Waals surface area contributed by atoms with E-state index in [1.165, 1.54) is 22.4 Å². The van der Waals surface area contributed by atoms with E-state index >= 15 is 0 Å². The normalized spacial score (nSPS) is 11.1. The Balaban J connectivity index is 2.95. The third-order valence-electron chi connectivity index (χ3n) is 2.40. The summed E-state index contributed by atoms with van der Waals surface area (Å²) < 4.78 is 1.38. The largest absolute Gasteiger partial charge is 0.329 e. The molecule has 1 aromatic heterocycles. The fraction of sp³-hybridized carbons (Fsp3) is 0.615. The van der Waals surface area contributed by atoms with Crippen molar-refractivity contribution in [1.82, 2.24) is 9.55 Å². The zero-order chi connectivity index (χ0) is 15.3. The molecule has 0 radical (unpaired) electrons. The molecule has 0 aliphatic carbocycles. The number of aromatic amines is 1. The van der Waals surface area contributed by atoms with Gasteiger partial charge in [0.2, 0.25) is 5.91 Å². The summed E-state index contributed by atoms with van der Waals surface area (Å²) in [6.07, 6.45) is 0. The van der Waals surface area contributed by atoms with Gasteiger partial charge in [0.15, 0.2) is 0 Å². The molecule has 1 amide bonds. The topological polar surface area (TPSA) is 84.0 Å². The molecule has 1 heterocycles. The Morgan fingerprint density at radius 3 is 2.55 bits per heavy atom.